The molecule has 2 fully saturated rings. The van der Waals surface area contributed by atoms with E-state index in [9.17, 15) is 10.1 Å². The van der Waals surface area contributed by atoms with Gasteiger partial charge in [-0.05, 0) is 30.5 Å². The highest BCUT2D eigenvalue weighted by Crippen LogP contribution is 2.33. The Balaban J connectivity index is 1.96. The number of nitriles is 1. The molecule has 0 spiro atoms. The number of carbonyl (C=O) groups is 1. The number of carbonyl (C=O) groups excluding carboxylic acids is 1. The van der Waals surface area contributed by atoms with E-state index in [-0.39, 0.29) is 24.5 Å². The van der Waals surface area contributed by atoms with Crippen LogP contribution >= 0.6 is 0 Å². The molecule has 2 unspecified atom stereocenters. The number of aliphatic hydroxyl groups is 1. The molecule has 2 atom stereocenters. The molecule has 2 heterocycles. The predicted molar refractivity (Wildman–Crippen MR) is 73.9 cm³/mol. The van der Waals surface area contributed by atoms with Crippen LogP contribution in [-0.2, 0) is 11.4 Å². The Bertz CT molecular complexity index is 579. The summed E-state index contributed by atoms with van der Waals surface area (Å²) in [6.07, 6.45) is 1.88. The second-order valence-electron chi connectivity index (χ2n) is 5.38. The second kappa shape index (κ2) is 5.14. The van der Waals surface area contributed by atoms with Crippen LogP contribution in [0.1, 0.15) is 24.0 Å². The Hall–Kier alpha value is -2.06. The number of aliphatic hydroxyl groups excluding tert-OH is 1. The topological polar surface area (TPSA) is 76.4 Å². The highest BCUT2D eigenvalue weighted by Gasteiger charge is 2.41. The number of hydrogen-bond donors (Lipinski definition) is 2. The van der Waals surface area contributed by atoms with Crippen LogP contribution in [0.4, 0.5) is 5.69 Å². The van der Waals surface area contributed by atoms with Gasteiger partial charge in [-0.3, -0.25) is 4.79 Å². The van der Waals surface area contributed by atoms with Crippen molar-refractivity contribution in [3.8, 4) is 6.07 Å². The number of fused-ring (bicyclic) bond motifs is 1. The summed E-state index contributed by atoms with van der Waals surface area (Å²) in [5.41, 5.74) is 2.17. The first-order valence-corrected chi connectivity index (χ1v) is 6.93. The van der Waals surface area contributed by atoms with Crippen molar-refractivity contribution in [2.45, 2.75) is 25.5 Å². The average molecular weight is 271 g/mol. The monoisotopic (exact) mass is 271 g/mol. The van der Waals surface area contributed by atoms with Crippen LogP contribution in [0.2, 0.25) is 0 Å². The molecule has 2 saturated heterocycles. The van der Waals surface area contributed by atoms with E-state index in [2.05, 4.69) is 16.3 Å². The van der Waals surface area contributed by atoms with Crippen LogP contribution < -0.4 is 10.2 Å². The molecule has 20 heavy (non-hydrogen) atoms. The van der Waals surface area contributed by atoms with Crippen LogP contribution in [0.15, 0.2) is 18.2 Å². The first-order valence-electron chi connectivity index (χ1n) is 6.93. The quantitative estimate of drug-likeness (QED) is 0.833. The number of amides is 1. The molecular weight excluding hydrogens is 254 g/mol. The van der Waals surface area contributed by atoms with E-state index in [0.29, 0.717) is 12.1 Å². The van der Waals surface area contributed by atoms with Gasteiger partial charge in [-0.15, -0.1) is 0 Å². The molecule has 1 amide bonds. The van der Waals surface area contributed by atoms with E-state index >= 15 is 0 Å². The van der Waals surface area contributed by atoms with Gasteiger partial charge in [0.25, 0.3) is 0 Å². The maximum Gasteiger partial charge on any atom is 0.225 e. The van der Waals surface area contributed by atoms with Crippen molar-refractivity contribution >= 4 is 11.6 Å². The number of piperidine rings is 1. The minimum absolute atomic E-state index is 0.0350. The summed E-state index contributed by atoms with van der Waals surface area (Å²) < 4.78 is 0. The third-order valence-electron chi connectivity index (χ3n) is 4.27. The summed E-state index contributed by atoms with van der Waals surface area (Å²) in [5, 5.41) is 21.4. The van der Waals surface area contributed by atoms with E-state index in [1.54, 1.807) is 6.07 Å². The standard InChI is InChI=1S/C15H17N3O2/c16-7-11-6-10(9-19)3-4-13(11)18-5-1-2-12-14(18)8-17-15(12)20/h3-4,6,12,14,19H,1-2,5,8-9H2,(H,17,20). The van der Waals surface area contributed by atoms with E-state index < -0.39 is 0 Å². The molecule has 0 bridgehead atoms. The van der Waals surface area contributed by atoms with E-state index in [1.807, 2.05) is 12.1 Å². The molecule has 0 aromatic heterocycles. The van der Waals surface area contributed by atoms with E-state index in [0.717, 1.165) is 30.6 Å². The molecule has 5 heteroatoms. The molecule has 5 nitrogen and oxygen atoms in total. The Kier molecular flexibility index (Phi) is 3.33. The third kappa shape index (κ3) is 2.02. The summed E-state index contributed by atoms with van der Waals surface area (Å²) >= 11 is 0. The van der Waals surface area contributed by atoms with Gasteiger partial charge in [0.05, 0.1) is 29.8 Å². The van der Waals surface area contributed by atoms with Crippen molar-refractivity contribution in [1.29, 1.82) is 5.26 Å². The van der Waals surface area contributed by atoms with Crippen LogP contribution in [0.5, 0.6) is 0 Å². The zero-order valence-electron chi connectivity index (χ0n) is 11.2. The smallest absolute Gasteiger partial charge is 0.225 e. The second-order valence-corrected chi connectivity index (χ2v) is 5.38. The highest BCUT2D eigenvalue weighted by molar-refractivity contribution is 5.83. The zero-order valence-corrected chi connectivity index (χ0v) is 11.2. The summed E-state index contributed by atoms with van der Waals surface area (Å²) in [7, 11) is 0. The molecule has 104 valence electrons. The van der Waals surface area contributed by atoms with E-state index in [1.165, 1.54) is 0 Å². The van der Waals surface area contributed by atoms with Gasteiger partial charge in [0.1, 0.15) is 6.07 Å². The van der Waals surface area contributed by atoms with Crippen molar-refractivity contribution in [3.63, 3.8) is 0 Å². The van der Waals surface area contributed by atoms with Gasteiger partial charge in [0, 0.05) is 13.1 Å². The van der Waals surface area contributed by atoms with Crippen LogP contribution in [0.3, 0.4) is 0 Å². The third-order valence-corrected chi connectivity index (χ3v) is 4.27. The number of nitrogens with one attached hydrogen (secondary N) is 1. The van der Waals surface area contributed by atoms with Gasteiger partial charge in [-0.25, -0.2) is 0 Å². The highest BCUT2D eigenvalue weighted by atomic mass is 16.3. The van der Waals surface area contributed by atoms with Gasteiger partial charge in [-0.2, -0.15) is 5.26 Å². The fourth-order valence-electron chi connectivity index (χ4n) is 3.27. The van der Waals surface area contributed by atoms with Gasteiger partial charge in [0.15, 0.2) is 0 Å². The maximum atomic E-state index is 11.8. The van der Waals surface area contributed by atoms with Gasteiger partial charge < -0.3 is 15.3 Å². The Morgan fingerprint density at radius 2 is 2.35 bits per heavy atom. The lowest BCUT2D eigenvalue weighted by atomic mass is 9.90. The number of benzene rings is 1. The van der Waals surface area contributed by atoms with Crippen molar-refractivity contribution in [1.82, 2.24) is 5.32 Å². The van der Waals surface area contributed by atoms with Crippen LogP contribution in [0.25, 0.3) is 0 Å². The van der Waals surface area contributed by atoms with Crippen molar-refractivity contribution in [3.05, 3.63) is 29.3 Å². The molecule has 2 aliphatic heterocycles. The molecule has 1 aromatic rings. The van der Waals surface area contributed by atoms with Crippen molar-refractivity contribution in [2.75, 3.05) is 18.0 Å². The van der Waals surface area contributed by atoms with E-state index in [4.69, 9.17) is 5.11 Å². The molecule has 0 saturated carbocycles. The Morgan fingerprint density at radius 3 is 3.10 bits per heavy atom. The van der Waals surface area contributed by atoms with Gasteiger partial charge in [0.2, 0.25) is 5.91 Å². The number of nitrogens with zero attached hydrogens (tertiary/aromatic N) is 2. The molecule has 2 aliphatic rings. The lowest BCUT2D eigenvalue weighted by Crippen LogP contribution is -2.46. The summed E-state index contributed by atoms with van der Waals surface area (Å²) in [6, 6.07) is 7.79. The Labute approximate surface area is 117 Å². The number of rotatable bonds is 2. The first kappa shape index (κ1) is 12.9. The maximum absolute atomic E-state index is 11.8. The summed E-state index contributed by atoms with van der Waals surface area (Å²) in [5.74, 6) is 0.165. The number of anilines is 1. The molecule has 1 aromatic carbocycles. The van der Waals surface area contributed by atoms with Crippen molar-refractivity contribution in [2.24, 2.45) is 5.92 Å². The lowest BCUT2D eigenvalue weighted by molar-refractivity contribution is -0.122. The minimum Gasteiger partial charge on any atom is -0.392 e. The fourth-order valence-corrected chi connectivity index (χ4v) is 3.27. The van der Waals surface area contributed by atoms with Crippen molar-refractivity contribution < 1.29 is 9.90 Å². The zero-order chi connectivity index (χ0) is 14.1. The largest absolute Gasteiger partial charge is 0.392 e. The predicted octanol–water partition coefficient (Wildman–Crippen LogP) is 0.765. The van der Waals surface area contributed by atoms with Gasteiger partial charge >= 0.3 is 0 Å². The molecule has 2 N–H and O–H groups in total. The summed E-state index contributed by atoms with van der Waals surface area (Å²) in [6.45, 7) is 1.44. The molecule has 0 aliphatic carbocycles. The van der Waals surface area contributed by atoms with Crippen LogP contribution in [0, 0.1) is 17.2 Å². The normalized spacial score (nSPS) is 25.0. The number of hydrogen-bond acceptors (Lipinski definition) is 4. The van der Waals surface area contributed by atoms with Crippen LogP contribution in [-0.4, -0.2) is 30.1 Å². The first-order chi connectivity index (χ1) is 9.74. The van der Waals surface area contributed by atoms with Gasteiger partial charge in [-0.1, -0.05) is 6.07 Å². The fraction of sp³-hybridized carbons (Fsp3) is 0.467. The molecule has 0 radical (unpaired) electrons. The summed E-state index contributed by atoms with van der Waals surface area (Å²) in [4.78, 5) is 14.0. The lowest BCUT2D eigenvalue weighted by Gasteiger charge is -2.38. The SMILES string of the molecule is N#Cc1cc(CO)ccc1N1CCCC2C(=O)NCC21. The molecule has 3 rings (SSSR count). The average Bonchev–Trinajstić information content (AvgIpc) is 2.88. The molecular formula is C15H17N3O2. The Morgan fingerprint density at radius 1 is 1.50 bits per heavy atom. The minimum atomic E-state index is -0.0684.